The van der Waals surface area contributed by atoms with Crippen molar-refractivity contribution < 1.29 is 30.6 Å². The number of nitrogens with zero attached hydrogens (tertiary/aromatic N) is 3. The Morgan fingerprint density at radius 1 is 1.17 bits per heavy atom. The zero-order valence-electron chi connectivity index (χ0n) is 15.7. The number of anilines is 1. The first-order valence-corrected chi connectivity index (χ1v) is 10.8. The van der Waals surface area contributed by atoms with Gasteiger partial charge in [0, 0.05) is 24.0 Å². The van der Waals surface area contributed by atoms with E-state index in [4.69, 9.17) is 0 Å². The number of alkyl halides is 3. The van der Waals surface area contributed by atoms with Crippen molar-refractivity contribution in [2.24, 2.45) is 4.99 Å². The summed E-state index contributed by atoms with van der Waals surface area (Å²) < 4.78 is 64.1. The van der Waals surface area contributed by atoms with Crippen LogP contribution in [-0.2, 0) is 14.9 Å². The highest BCUT2D eigenvalue weighted by Gasteiger charge is 2.48. The summed E-state index contributed by atoms with van der Waals surface area (Å²) in [5.41, 5.74) is -3.91. The van der Waals surface area contributed by atoms with Crippen molar-refractivity contribution >= 4 is 39.8 Å². The Bertz CT molecular complexity index is 1070. The number of benzene rings is 1. The molecule has 3 rings (SSSR count). The van der Waals surface area contributed by atoms with Gasteiger partial charge < -0.3 is 4.18 Å². The highest BCUT2D eigenvalue weighted by atomic mass is 32.2. The number of amides is 1. The lowest BCUT2D eigenvalue weighted by molar-refractivity contribution is -0.117. The van der Waals surface area contributed by atoms with Gasteiger partial charge in [-0.15, -0.1) is 0 Å². The quantitative estimate of drug-likeness (QED) is 0.502. The summed E-state index contributed by atoms with van der Waals surface area (Å²) >= 11 is 0.958. The van der Waals surface area contributed by atoms with Gasteiger partial charge in [0.25, 0.3) is 0 Å². The van der Waals surface area contributed by atoms with Gasteiger partial charge in [-0.3, -0.25) is 14.7 Å². The van der Waals surface area contributed by atoms with Crippen molar-refractivity contribution in [3.63, 3.8) is 0 Å². The third-order valence-corrected chi connectivity index (χ3v) is 6.38. The molecule has 2 heterocycles. The SMILES string of the molecule is Cc1ccc(N2C=NC(C)C(Sc3cc(OS(=O)(=O)C(F)(F)F)ccn3)C2=O)cc1. The topological polar surface area (TPSA) is 88.9 Å². The van der Waals surface area contributed by atoms with Gasteiger partial charge in [-0.1, -0.05) is 29.5 Å². The maximum atomic E-state index is 13.0. The van der Waals surface area contributed by atoms with E-state index in [-0.39, 0.29) is 10.9 Å². The second-order valence-electron chi connectivity index (χ2n) is 6.40. The molecule has 2 unspecified atom stereocenters. The van der Waals surface area contributed by atoms with Gasteiger partial charge >= 0.3 is 15.6 Å². The molecule has 0 saturated carbocycles. The van der Waals surface area contributed by atoms with Crippen LogP contribution in [0.15, 0.2) is 52.6 Å². The fraction of sp³-hybridized carbons (Fsp3) is 0.278. The van der Waals surface area contributed by atoms with Gasteiger partial charge in [-0.2, -0.15) is 21.6 Å². The maximum Gasteiger partial charge on any atom is 0.534 e. The summed E-state index contributed by atoms with van der Waals surface area (Å²) in [7, 11) is -5.81. The van der Waals surface area contributed by atoms with Crippen LogP contribution in [0.25, 0.3) is 0 Å². The summed E-state index contributed by atoms with van der Waals surface area (Å²) in [6.45, 7) is 3.63. The fourth-order valence-corrected chi connectivity index (χ4v) is 4.01. The van der Waals surface area contributed by atoms with Crippen molar-refractivity contribution in [1.82, 2.24) is 4.98 Å². The minimum Gasteiger partial charge on any atom is -0.376 e. The van der Waals surface area contributed by atoms with E-state index >= 15 is 0 Å². The second-order valence-corrected chi connectivity index (χ2v) is 9.10. The largest absolute Gasteiger partial charge is 0.534 e. The standard InChI is InChI=1S/C18H16F3N3O4S2/c1-11-3-5-13(6-4-11)24-10-23-12(2)16(17(24)25)29-15-9-14(7-8-22-15)28-30(26,27)18(19,20)21/h3-10,12,16H,1-2H3. The summed E-state index contributed by atoms with van der Waals surface area (Å²) in [6.07, 6.45) is 2.53. The smallest absolute Gasteiger partial charge is 0.376 e. The fourth-order valence-electron chi connectivity index (χ4n) is 2.51. The Labute approximate surface area is 175 Å². The molecule has 2 aromatic rings. The summed E-state index contributed by atoms with van der Waals surface area (Å²) in [5, 5.41) is -0.602. The third-order valence-electron chi connectivity index (χ3n) is 4.09. The van der Waals surface area contributed by atoms with Crippen LogP contribution < -0.4 is 9.08 Å². The molecule has 160 valence electrons. The Hall–Kier alpha value is -2.60. The third kappa shape index (κ3) is 4.75. The number of halogens is 3. The molecule has 0 fully saturated rings. The van der Waals surface area contributed by atoms with Gasteiger partial charge in [0.05, 0.1) is 12.4 Å². The molecule has 1 aromatic heterocycles. The Balaban J connectivity index is 1.81. The molecule has 0 radical (unpaired) electrons. The average Bonchev–Trinajstić information content (AvgIpc) is 2.65. The number of aliphatic imine (C=N–C) groups is 1. The monoisotopic (exact) mass is 459 g/mol. The van der Waals surface area contributed by atoms with E-state index < -0.39 is 32.7 Å². The number of carbonyl (C=O) groups excluding carboxylic acids is 1. The lowest BCUT2D eigenvalue weighted by Gasteiger charge is -2.30. The van der Waals surface area contributed by atoms with Crippen molar-refractivity contribution in [2.75, 3.05) is 4.90 Å². The molecule has 0 aliphatic carbocycles. The van der Waals surface area contributed by atoms with Crippen molar-refractivity contribution in [3.05, 3.63) is 48.2 Å². The Morgan fingerprint density at radius 2 is 1.83 bits per heavy atom. The van der Waals surface area contributed by atoms with Crippen LogP contribution in [0, 0.1) is 6.92 Å². The first-order chi connectivity index (χ1) is 14.0. The Kier molecular flexibility index (Phi) is 6.09. The van der Waals surface area contributed by atoms with Crippen molar-refractivity contribution in [2.45, 2.75) is 35.7 Å². The van der Waals surface area contributed by atoms with Crippen LogP contribution in [-0.4, -0.2) is 42.4 Å². The normalized spacial score (nSPS) is 19.8. The van der Waals surface area contributed by atoms with Gasteiger partial charge in [0.1, 0.15) is 16.0 Å². The molecule has 1 aliphatic heterocycles. The highest BCUT2D eigenvalue weighted by molar-refractivity contribution is 8.00. The van der Waals surface area contributed by atoms with Crippen LogP contribution in [0.5, 0.6) is 5.75 Å². The molecule has 0 saturated heterocycles. The van der Waals surface area contributed by atoms with E-state index in [1.165, 1.54) is 11.2 Å². The average molecular weight is 459 g/mol. The molecule has 1 aromatic carbocycles. The van der Waals surface area contributed by atoms with E-state index in [9.17, 15) is 26.4 Å². The maximum absolute atomic E-state index is 13.0. The molecular weight excluding hydrogens is 443 g/mol. The summed E-state index contributed by atoms with van der Waals surface area (Å²) in [4.78, 5) is 22.7. The zero-order chi connectivity index (χ0) is 22.1. The van der Waals surface area contributed by atoms with Crippen LogP contribution in [0.4, 0.5) is 18.9 Å². The molecule has 1 aliphatic rings. The number of hydrogen-bond acceptors (Lipinski definition) is 7. The van der Waals surface area contributed by atoms with Gasteiger partial charge in [0.15, 0.2) is 0 Å². The van der Waals surface area contributed by atoms with Crippen molar-refractivity contribution in [1.29, 1.82) is 0 Å². The molecule has 0 N–H and O–H groups in total. The summed E-state index contributed by atoms with van der Waals surface area (Å²) in [6, 6.07) is 8.81. The van der Waals surface area contributed by atoms with E-state index in [1.807, 2.05) is 19.1 Å². The number of carbonyl (C=O) groups is 1. The van der Waals surface area contributed by atoms with Gasteiger partial charge in [-0.05, 0) is 26.0 Å². The van der Waals surface area contributed by atoms with Crippen LogP contribution >= 0.6 is 11.8 Å². The second kappa shape index (κ2) is 8.26. The lowest BCUT2D eigenvalue weighted by atomic mass is 10.1. The summed E-state index contributed by atoms with van der Waals surface area (Å²) in [5.74, 6) is -0.845. The number of rotatable bonds is 5. The number of thioether (sulfide) groups is 1. The first kappa shape index (κ1) is 22.1. The number of aromatic nitrogens is 1. The van der Waals surface area contributed by atoms with Gasteiger partial charge in [0.2, 0.25) is 5.91 Å². The number of aryl methyl sites for hydroxylation is 1. The van der Waals surface area contributed by atoms with E-state index in [1.54, 1.807) is 19.1 Å². The lowest BCUT2D eigenvalue weighted by Crippen LogP contribution is -2.45. The van der Waals surface area contributed by atoms with E-state index in [0.29, 0.717) is 5.69 Å². The first-order valence-electron chi connectivity index (χ1n) is 8.54. The van der Waals surface area contributed by atoms with Crippen LogP contribution in [0.1, 0.15) is 12.5 Å². The zero-order valence-corrected chi connectivity index (χ0v) is 17.3. The molecular formula is C18H16F3N3O4S2. The van der Waals surface area contributed by atoms with Crippen molar-refractivity contribution in [3.8, 4) is 5.75 Å². The predicted octanol–water partition coefficient (Wildman–Crippen LogP) is 3.54. The molecule has 30 heavy (non-hydrogen) atoms. The van der Waals surface area contributed by atoms with E-state index in [0.717, 1.165) is 35.7 Å². The molecule has 2 atom stereocenters. The Morgan fingerprint density at radius 3 is 2.47 bits per heavy atom. The number of hydrogen-bond donors (Lipinski definition) is 0. The van der Waals surface area contributed by atoms with Crippen LogP contribution in [0.2, 0.25) is 0 Å². The molecule has 12 heteroatoms. The predicted molar refractivity (Wildman–Crippen MR) is 106 cm³/mol. The minimum atomic E-state index is -5.81. The number of pyridine rings is 1. The highest BCUT2D eigenvalue weighted by Crippen LogP contribution is 2.33. The van der Waals surface area contributed by atoms with Crippen LogP contribution in [0.3, 0.4) is 0 Å². The molecule has 1 amide bonds. The molecule has 0 spiro atoms. The molecule has 7 nitrogen and oxygen atoms in total. The molecule has 0 bridgehead atoms. The minimum absolute atomic E-state index is 0.121. The van der Waals surface area contributed by atoms with E-state index in [2.05, 4.69) is 14.2 Å². The van der Waals surface area contributed by atoms with Gasteiger partial charge in [-0.25, -0.2) is 4.98 Å².